The second-order valence-electron chi connectivity index (χ2n) is 7.87. The van der Waals surface area contributed by atoms with Crippen LogP contribution < -0.4 is 10.2 Å². The number of fused-ring (bicyclic) bond motifs is 2. The summed E-state index contributed by atoms with van der Waals surface area (Å²) in [6.45, 7) is 3.10. The quantitative estimate of drug-likeness (QED) is 0.781. The second kappa shape index (κ2) is 6.23. The van der Waals surface area contributed by atoms with Crippen LogP contribution in [0.2, 0.25) is 0 Å². The standard InChI is InChI=1S/C19H18F3N5O2/c1-9-6-27-16(15(5-23-27)26-7-10-2-12(10)18(26)28)8-25(9)19(29)24-11-3-13(20)17(22)14(21)4-11/h3-5,9-10,12H,2,6-8H2,1H3,(H,24,29)/t9-,10?,12?/m0/s1. The van der Waals surface area contributed by atoms with Crippen molar-refractivity contribution >= 4 is 23.3 Å². The zero-order chi connectivity index (χ0) is 20.4. The summed E-state index contributed by atoms with van der Waals surface area (Å²) < 4.78 is 41.8. The van der Waals surface area contributed by atoms with Crippen LogP contribution in [-0.2, 0) is 17.9 Å². The summed E-state index contributed by atoms with van der Waals surface area (Å²) in [5.41, 5.74) is 1.27. The fourth-order valence-corrected chi connectivity index (χ4v) is 4.20. The molecular weight excluding hydrogens is 387 g/mol. The summed E-state index contributed by atoms with van der Waals surface area (Å²) in [5, 5.41) is 6.78. The fourth-order valence-electron chi connectivity index (χ4n) is 4.20. The van der Waals surface area contributed by atoms with Crippen molar-refractivity contribution in [1.29, 1.82) is 0 Å². The molecule has 3 heterocycles. The zero-order valence-corrected chi connectivity index (χ0v) is 15.5. The Hall–Kier alpha value is -3.04. The normalized spacial score (nSPS) is 25.1. The van der Waals surface area contributed by atoms with Gasteiger partial charge in [0.1, 0.15) is 0 Å². The molecule has 0 spiro atoms. The number of nitrogens with one attached hydrogen (secondary N) is 1. The zero-order valence-electron chi connectivity index (χ0n) is 15.5. The molecule has 152 valence electrons. The van der Waals surface area contributed by atoms with E-state index in [-0.39, 0.29) is 30.1 Å². The number of halogens is 3. The molecule has 2 aliphatic heterocycles. The minimum absolute atomic E-state index is 0.0951. The van der Waals surface area contributed by atoms with E-state index in [0.717, 1.165) is 24.2 Å². The minimum Gasteiger partial charge on any atom is -0.314 e. The summed E-state index contributed by atoms with van der Waals surface area (Å²) in [6.07, 6.45) is 2.59. The number of hydrogen-bond donors (Lipinski definition) is 1. The maximum Gasteiger partial charge on any atom is 0.322 e. The lowest BCUT2D eigenvalue weighted by Gasteiger charge is -2.35. The third-order valence-electron chi connectivity index (χ3n) is 5.93. The minimum atomic E-state index is -1.59. The van der Waals surface area contributed by atoms with Crippen molar-refractivity contribution in [2.75, 3.05) is 16.8 Å². The Labute approximate surface area is 164 Å². The van der Waals surface area contributed by atoms with E-state index in [9.17, 15) is 22.8 Å². The van der Waals surface area contributed by atoms with E-state index in [2.05, 4.69) is 10.4 Å². The number of anilines is 2. The average Bonchev–Trinajstić information content (AvgIpc) is 3.22. The van der Waals surface area contributed by atoms with E-state index in [1.807, 2.05) is 6.92 Å². The number of amides is 3. The molecule has 1 aliphatic carbocycles. The van der Waals surface area contributed by atoms with E-state index in [0.29, 0.717) is 24.7 Å². The second-order valence-corrected chi connectivity index (χ2v) is 7.87. The van der Waals surface area contributed by atoms with Crippen LogP contribution >= 0.6 is 0 Å². The molecule has 10 heteroatoms. The lowest BCUT2D eigenvalue weighted by molar-refractivity contribution is -0.118. The monoisotopic (exact) mass is 405 g/mol. The number of rotatable bonds is 2. The average molecular weight is 405 g/mol. The van der Waals surface area contributed by atoms with E-state index in [1.54, 1.807) is 15.8 Å². The Bertz CT molecular complexity index is 1020. The maximum absolute atomic E-state index is 13.4. The molecule has 1 N–H and O–H groups in total. The van der Waals surface area contributed by atoms with E-state index in [1.165, 1.54) is 4.90 Å². The van der Waals surface area contributed by atoms with Crippen molar-refractivity contribution in [1.82, 2.24) is 14.7 Å². The number of carbonyl (C=O) groups is 2. The van der Waals surface area contributed by atoms with Crippen LogP contribution in [-0.4, -0.2) is 39.2 Å². The number of carbonyl (C=O) groups excluding carboxylic acids is 2. The lowest BCUT2D eigenvalue weighted by atomic mass is 10.2. The topological polar surface area (TPSA) is 70.5 Å². The number of nitrogens with zero attached hydrogens (tertiary/aromatic N) is 4. The van der Waals surface area contributed by atoms with Gasteiger partial charge in [0.05, 0.1) is 36.7 Å². The van der Waals surface area contributed by atoms with Gasteiger partial charge in [-0.2, -0.15) is 5.10 Å². The molecule has 7 nitrogen and oxygen atoms in total. The van der Waals surface area contributed by atoms with Crippen LogP contribution in [0.25, 0.3) is 0 Å². The Kier molecular flexibility index (Phi) is 3.87. The van der Waals surface area contributed by atoms with Crippen molar-refractivity contribution in [2.24, 2.45) is 11.8 Å². The highest BCUT2D eigenvalue weighted by Gasteiger charge is 2.53. The molecule has 0 radical (unpaired) electrons. The lowest BCUT2D eigenvalue weighted by Crippen LogP contribution is -2.47. The maximum atomic E-state index is 13.4. The third-order valence-corrected chi connectivity index (χ3v) is 5.93. The molecular formula is C19H18F3N5O2. The predicted octanol–water partition coefficient (Wildman–Crippen LogP) is 2.72. The molecule has 2 unspecified atom stereocenters. The molecule has 2 fully saturated rings. The molecule has 3 amide bonds. The largest absolute Gasteiger partial charge is 0.322 e. The first-order valence-electron chi connectivity index (χ1n) is 9.41. The number of urea groups is 1. The molecule has 3 atom stereocenters. The van der Waals surface area contributed by atoms with Gasteiger partial charge < -0.3 is 15.1 Å². The Morgan fingerprint density at radius 1 is 1.21 bits per heavy atom. The van der Waals surface area contributed by atoms with Crippen LogP contribution in [0.1, 0.15) is 19.0 Å². The third kappa shape index (κ3) is 2.85. The van der Waals surface area contributed by atoms with E-state index in [4.69, 9.17) is 0 Å². The van der Waals surface area contributed by atoms with Gasteiger partial charge in [0.15, 0.2) is 17.5 Å². The molecule has 1 aromatic heterocycles. The number of hydrogen-bond acceptors (Lipinski definition) is 3. The van der Waals surface area contributed by atoms with Gasteiger partial charge in [0.2, 0.25) is 5.91 Å². The van der Waals surface area contributed by atoms with Gasteiger partial charge in [0, 0.05) is 30.3 Å². The molecule has 1 saturated carbocycles. The Balaban J connectivity index is 1.37. The summed E-state index contributed by atoms with van der Waals surface area (Å²) in [4.78, 5) is 28.4. The molecule has 5 rings (SSSR count). The van der Waals surface area contributed by atoms with Gasteiger partial charge in [-0.25, -0.2) is 18.0 Å². The van der Waals surface area contributed by atoms with Gasteiger partial charge in [-0.05, 0) is 19.3 Å². The molecule has 0 bridgehead atoms. The van der Waals surface area contributed by atoms with Crippen LogP contribution in [0.5, 0.6) is 0 Å². The first kappa shape index (κ1) is 18.0. The van der Waals surface area contributed by atoms with E-state index < -0.39 is 23.5 Å². The van der Waals surface area contributed by atoms with Crippen molar-refractivity contribution < 1.29 is 22.8 Å². The molecule has 1 saturated heterocycles. The van der Waals surface area contributed by atoms with Crippen molar-refractivity contribution in [3.05, 3.63) is 41.5 Å². The predicted molar refractivity (Wildman–Crippen MR) is 96.5 cm³/mol. The van der Waals surface area contributed by atoms with Crippen LogP contribution in [0.3, 0.4) is 0 Å². The summed E-state index contributed by atoms with van der Waals surface area (Å²) in [5.74, 6) is -3.73. The van der Waals surface area contributed by atoms with Gasteiger partial charge in [0.25, 0.3) is 0 Å². The molecule has 2 aromatic rings. The first-order chi connectivity index (χ1) is 13.8. The Morgan fingerprint density at radius 2 is 1.93 bits per heavy atom. The summed E-state index contributed by atoms with van der Waals surface area (Å²) in [7, 11) is 0. The summed E-state index contributed by atoms with van der Waals surface area (Å²) >= 11 is 0. The number of aromatic nitrogens is 2. The highest BCUT2D eigenvalue weighted by molar-refractivity contribution is 6.00. The summed E-state index contributed by atoms with van der Waals surface area (Å²) in [6, 6.07) is 0.649. The number of piperidine rings is 1. The van der Waals surface area contributed by atoms with E-state index >= 15 is 0 Å². The first-order valence-corrected chi connectivity index (χ1v) is 9.41. The van der Waals surface area contributed by atoms with Crippen LogP contribution in [0.15, 0.2) is 18.3 Å². The van der Waals surface area contributed by atoms with Gasteiger partial charge >= 0.3 is 6.03 Å². The molecule has 3 aliphatic rings. The van der Waals surface area contributed by atoms with Crippen LogP contribution in [0, 0.1) is 29.3 Å². The van der Waals surface area contributed by atoms with Crippen molar-refractivity contribution in [2.45, 2.75) is 32.5 Å². The Morgan fingerprint density at radius 3 is 2.59 bits per heavy atom. The molecule has 29 heavy (non-hydrogen) atoms. The number of benzene rings is 1. The van der Waals surface area contributed by atoms with Gasteiger partial charge in [-0.3, -0.25) is 9.48 Å². The van der Waals surface area contributed by atoms with Crippen LogP contribution in [0.4, 0.5) is 29.3 Å². The van der Waals surface area contributed by atoms with Gasteiger partial charge in [-0.1, -0.05) is 0 Å². The highest BCUT2D eigenvalue weighted by atomic mass is 19.2. The van der Waals surface area contributed by atoms with Gasteiger partial charge in [-0.15, -0.1) is 0 Å². The molecule has 1 aromatic carbocycles. The van der Waals surface area contributed by atoms with Crippen molar-refractivity contribution in [3.63, 3.8) is 0 Å². The SMILES string of the molecule is C[C@H]1Cn2ncc(N3CC4CC4C3=O)c2CN1C(=O)Nc1cc(F)c(F)c(F)c1. The fraction of sp³-hybridized carbons (Fsp3) is 0.421. The van der Waals surface area contributed by atoms with Crippen molar-refractivity contribution in [3.8, 4) is 0 Å². The smallest absolute Gasteiger partial charge is 0.314 e. The highest BCUT2D eigenvalue weighted by Crippen LogP contribution is 2.48.